The lowest BCUT2D eigenvalue weighted by molar-refractivity contribution is -0.385. The zero-order valence-electron chi connectivity index (χ0n) is 8.94. The molecule has 88 valence electrons. The second-order valence-electron chi connectivity index (χ2n) is 3.46. The van der Waals surface area contributed by atoms with Crippen LogP contribution in [0.5, 0.6) is 0 Å². The first-order valence-corrected chi connectivity index (χ1v) is 6.67. The van der Waals surface area contributed by atoms with Gasteiger partial charge in [-0.05, 0) is 31.9 Å². The number of halogens is 1. The van der Waals surface area contributed by atoms with Crippen molar-refractivity contribution in [2.45, 2.75) is 25.7 Å². The second kappa shape index (κ2) is 4.03. The summed E-state index contributed by atoms with van der Waals surface area (Å²) in [6.07, 6.45) is 0. The Labute approximate surface area is 97.6 Å². The fraction of sp³-hybridized carbons (Fsp3) is 0.333. The summed E-state index contributed by atoms with van der Waals surface area (Å²) in [4.78, 5) is 9.91. The Kier molecular flexibility index (Phi) is 3.25. The molecule has 0 unspecified atom stereocenters. The van der Waals surface area contributed by atoms with E-state index in [0.29, 0.717) is 16.7 Å². The van der Waals surface area contributed by atoms with Gasteiger partial charge >= 0.3 is 0 Å². The molecule has 0 bridgehead atoms. The number of hydrogen-bond acceptors (Lipinski definition) is 4. The van der Waals surface area contributed by atoms with Crippen LogP contribution in [-0.2, 0) is 9.05 Å². The number of hydrogen-bond donors (Lipinski definition) is 0. The maximum absolute atomic E-state index is 11.2. The molecular formula is C9H10ClNO4S. The average molecular weight is 264 g/mol. The monoisotopic (exact) mass is 263 g/mol. The summed E-state index contributed by atoms with van der Waals surface area (Å²) in [7, 11) is 1.25. The molecule has 0 spiro atoms. The molecule has 0 aliphatic rings. The molecule has 0 amide bonds. The van der Waals surface area contributed by atoms with E-state index in [9.17, 15) is 18.5 Å². The first kappa shape index (κ1) is 12.9. The zero-order chi connectivity index (χ0) is 12.7. The van der Waals surface area contributed by atoms with Gasteiger partial charge in [-0.3, -0.25) is 10.1 Å². The van der Waals surface area contributed by atoms with E-state index in [1.165, 1.54) is 0 Å². The van der Waals surface area contributed by atoms with E-state index in [-0.39, 0.29) is 10.6 Å². The standard InChI is InChI=1S/C9H10ClNO4S/c1-5-6(2)8(11(12)13)4-9(7(5)3)16(10,14)15/h4H,1-3H3. The van der Waals surface area contributed by atoms with Gasteiger partial charge in [0.05, 0.1) is 9.82 Å². The molecule has 0 aromatic heterocycles. The van der Waals surface area contributed by atoms with Crippen LogP contribution in [0.1, 0.15) is 16.7 Å². The van der Waals surface area contributed by atoms with Gasteiger partial charge in [0.2, 0.25) is 0 Å². The highest BCUT2D eigenvalue weighted by Crippen LogP contribution is 2.31. The minimum absolute atomic E-state index is 0.205. The summed E-state index contributed by atoms with van der Waals surface area (Å²) in [6, 6.07) is 1.00. The van der Waals surface area contributed by atoms with Crippen molar-refractivity contribution in [3.05, 3.63) is 32.9 Å². The lowest BCUT2D eigenvalue weighted by Gasteiger charge is -2.09. The normalized spacial score (nSPS) is 11.5. The maximum atomic E-state index is 11.2. The van der Waals surface area contributed by atoms with Crippen molar-refractivity contribution in [1.29, 1.82) is 0 Å². The number of benzene rings is 1. The number of nitrogens with zero attached hydrogens (tertiary/aromatic N) is 1. The van der Waals surface area contributed by atoms with Crippen molar-refractivity contribution in [3.63, 3.8) is 0 Å². The molecule has 0 saturated heterocycles. The van der Waals surface area contributed by atoms with Crippen LogP contribution >= 0.6 is 10.7 Å². The SMILES string of the molecule is Cc1c([N+](=O)[O-])cc(S(=O)(=O)Cl)c(C)c1C. The van der Waals surface area contributed by atoms with E-state index in [4.69, 9.17) is 10.7 Å². The zero-order valence-corrected chi connectivity index (χ0v) is 10.5. The van der Waals surface area contributed by atoms with Crippen LogP contribution in [0.15, 0.2) is 11.0 Å². The molecule has 0 saturated carbocycles. The van der Waals surface area contributed by atoms with E-state index in [0.717, 1.165) is 6.07 Å². The Balaban J connectivity index is 3.74. The molecule has 5 nitrogen and oxygen atoms in total. The van der Waals surface area contributed by atoms with Crippen molar-refractivity contribution in [3.8, 4) is 0 Å². The molecule has 0 fully saturated rings. The van der Waals surface area contributed by atoms with Crippen molar-refractivity contribution in [1.82, 2.24) is 0 Å². The van der Waals surface area contributed by atoms with E-state index < -0.39 is 14.0 Å². The van der Waals surface area contributed by atoms with Gasteiger partial charge in [0.15, 0.2) is 0 Å². The average Bonchev–Trinajstić information content (AvgIpc) is 2.11. The minimum Gasteiger partial charge on any atom is -0.258 e. The van der Waals surface area contributed by atoms with Gasteiger partial charge in [0, 0.05) is 22.3 Å². The third kappa shape index (κ3) is 2.17. The molecule has 16 heavy (non-hydrogen) atoms. The molecule has 1 aromatic carbocycles. The lowest BCUT2D eigenvalue weighted by Crippen LogP contribution is -2.02. The Bertz CT molecular complexity index is 565. The molecule has 0 N–H and O–H groups in total. The van der Waals surface area contributed by atoms with Gasteiger partial charge in [-0.25, -0.2) is 8.42 Å². The topological polar surface area (TPSA) is 77.3 Å². The molecule has 0 aliphatic carbocycles. The molecule has 7 heteroatoms. The van der Waals surface area contributed by atoms with Crippen molar-refractivity contribution in [2.24, 2.45) is 0 Å². The fourth-order valence-corrected chi connectivity index (χ4v) is 2.69. The van der Waals surface area contributed by atoms with Gasteiger partial charge < -0.3 is 0 Å². The van der Waals surface area contributed by atoms with E-state index in [2.05, 4.69) is 0 Å². The number of nitro benzene ring substituents is 1. The van der Waals surface area contributed by atoms with E-state index in [1.54, 1.807) is 20.8 Å². The summed E-state index contributed by atoms with van der Waals surface area (Å²) < 4.78 is 22.5. The third-order valence-electron chi connectivity index (χ3n) is 2.61. The van der Waals surface area contributed by atoms with Gasteiger partial charge in [-0.2, -0.15) is 0 Å². The van der Waals surface area contributed by atoms with Crippen molar-refractivity contribution >= 4 is 25.4 Å². The predicted octanol–water partition coefficient (Wildman–Crippen LogP) is 2.45. The highest BCUT2D eigenvalue weighted by atomic mass is 35.7. The van der Waals surface area contributed by atoms with Crippen molar-refractivity contribution in [2.75, 3.05) is 0 Å². The molecule has 0 aliphatic heterocycles. The van der Waals surface area contributed by atoms with E-state index >= 15 is 0 Å². The Hall–Kier alpha value is -1.14. The highest BCUT2D eigenvalue weighted by molar-refractivity contribution is 8.13. The lowest BCUT2D eigenvalue weighted by atomic mass is 10.0. The summed E-state index contributed by atoms with van der Waals surface area (Å²) in [5.74, 6) is 0. The van der Waals surface area contributed by atoms with Gasteiger partial charge in [0.1, 0.15) is 0 Å². The highest BCUT2D eigenvalue weighted by Gasteiger charge is 2.23. The van der Waals surface area contributed by atoms with Crippen LogP contribution in [0.2, 0.25) is 0 Å². The van der Waals surface area contributed by atoms with Crippen LogP contribution in [-0.4, -0.2) is 13.3 Å². The number of nitro groups is 1. The van der Waals surface area contributed by atoms with Crippen molar-refractivity contribution < 1.29 is 13.3 Å². The van der Waals surface area contributed by atoms with Crippen LogP contribution in [0.25, 0.3) is 0 Å². The third-order valence-corrected chi connectivity index (χ3v) is 4.05. The first-order valence-electron chi connectivity index (χ1n) is 4.36. The predicted molar refractivity (Wildman–Crippen MR) is 60.3 cm³/mol. The Morgan fingerprint density at radius 2 is 1.69 bits per heavy atom. The Morgan fingerprint density at radius 3 is 2.06 bits per heavy atom. The molecule has 0 atom stereocenters. The molecule has 0 radical (unpaired) electrons. The van der Waals surface area contributed by atoms with Gasteiger partial charge in [-0.1, -0.05) is 0 Å². The first-order chi connectivity index (χ1) is 7.16. The van der Waals surface area contributed by atoms with Crippen LogP contribution in [0.4, 0.5) is 5.69 Å². The summed E-state index contributed by atoms with van der Waals surface area (Å²) in [6.45, 7) is 4.77. The number of rotatable bonds is 2. The summed E-state index contributed by atoms with van der Waals surface area (Å²) in [5, 5.41) is 10.7. The molecular weight excluding hydrogens is 254 g/mol. The molecule has 1 aromatic rings. The minimum atomic E-state index is -3.96. The molecule has 0 heterocycles. The molecule has 1 rings (SSSR count). The smallest absolute Gasteiger partial charge is 0.258 e. The quantitative estimate of drug-likeness (QED) is 0.466. The van der Waals surface area contributed by atoms with Gasteiger partial charge in [0.25, 0.3) is 14.7 Å². The fourth-order valence-electron chi connectivity index (χ4n) is 1.44. The summed E-state index contributed by atoms with van der Waals surface area (Å²) >= 11 is 0. The Morgan fingerprint density at radius 1 is 1.19 bits per heavy atom. The maximum Gasteiger partial charge on any atom is 0.273 e. The summed E-state index contributed by atoms with van der Waals surface area (Å²) in [5.41, 5.74) is 1.22. The van der Waals surface area contributed by atoms with E-state index in [1.807, 2.05) is 0 Å². The largest absolute Gasteiger partial charge is 0.273 e. The van der Waals surface area contributed by atoms with Crippen LogP contribution in [0, 0.1) is 30.9 Å². The second-order valence-corrected chi connectivity index (χ2v) is 6.00. The van der Waals surface area contributed by atoms with Crippen LogP contribution in [0.3, 0.4) is 0 Å². The van der Waals surface area contributed by atoms with Gasteiger partial charge in [-0.15, -0.1) is 0 Å². The van der Waals surface area contributed by atoms with Crippen LogP contribution < -0.4 is 0 Å².